The molecule has 0 aromatic heterocycles. The van der Waals surface area contributed by atoms with Crippen molar-refractivity contribution in [1.82, 2.24) is 0 Å². The lowest BCUT2D eigenvalue weighted by molar-refractivity contribution is -0.298. The number of aliphatic hydroxyl groups excluding tert-OH is 5. The first kappa shape index (κ1) is 21.6. The van der Waals surface area contributed by atoms with Gasteiger partial charge in [-0.25, -0.2) is 4.79 Å². The summed E-state index contributed by atoms with van der Waals surface area (Å²) in [5.74, 6) is -1.47. The highest BCUT2D eigenvalue weighted by atomic mass is 16.7. The molecule has 4 aliphatic rings. The molecule has 0 aromatic rings. The molecule has 9 nitrogen and oxygen atoms in total. The zero-order valence-electron chi connectivity index (χ0n) is 16.5. The van der Waals surface area contributed by atoms with E-state index in [-0.39, 0.29) is 17.8 Å². The number of rotatable bonds is 3. The number of fused-ring (bicyclic) bond motifs is 3. The van der Waals surface area contributed by atoms with E-state index in [9.17, 15) is 30.3 Å². The van der Waals surface area contributed by atoms with Crippen molar-refractivity contribution in [1.29, 1.82) is 0 Å². The van der Waals surface area contributed by atoms with Crippen LogP contribution >= 0.6 is 0 Å². The van der Waals surface area contributed by atoms with E-state index in [2.05, 4.69) is 19.7 Å². The van der Waals surface area contributed by atoms with Crippen LogP contribution in [-0.4, -0.2) is 87.1 Å². The van der Waals surface area contributed by atoms with E-state index in [0.29, 0.717) is 29.6 Å². The number of hydrogen-bond donors (Lipinski definition) is 5. The highest BCUT2D eigenvalue weighted by molar-refractivity contribution is 5.91. The Labute approximate surface area is 173 Å². The SMILES string of the molecule is C=C1C(=O)OC2C1CC(O)C(=C)C1CC(OC3C(CO)OC(O)C(O)C3O)C(=C)C12. The minimum atomic E-state index is -1.64. The fourth-order valence-electron chi connectivity index (χ4n) is 5.26. The molecular formula is C21H28O9. The molecule has 0 radical (unpaired) electrons. The Bertz CT molecular complexity index is 762. The van der Waals surface area contributed by atoms with Gasteiger partial charge in [0, 0.05) is 17.4 Å². The van der Waals surface area contributed by atoms with Crippen LogP contribution in [0.1, 0.15) is 12.8 Å². The maximum atomic E-state index is 12.1. The van der Waals surface area contributed by atoms with Gasteiger partial charge in [-0.05, 0) is 29.9 Å². The van der Waals surface area contributed by atoms with Gasteiger partial charge in [-0.15, -0.1) is 0 Å². The number of esters is 1. The van der Waals surface area contributed by atoms with Crippen molar-refractivity contribution in [3.8, 4) is 0 Å². The van der Waals surface area contributed by atoms with E-state index < -0.39 is 61.6 Å². The topological polar surface area (TPSA) is 146 Å². The van der Waals surface area contributed by atoms with Crippen LogP contribution in [0.3, 0.4) is 0 Å². The molecule has 11 unspecified atom stereocenters. The summed E-state index contributed by atoms with van der Waals surface area (Å²) < 4.78 is 16.8. The number of carbonyl (C=O) groups is 1. The first-order valence-corrected chi connectivity index (χ1v) is 10.1. The Balaban J connectivity index is 1.59. The second-order valence-electron chi connectivity index (χ2n) is 8.59. The van der Waals surface area contributed by atoms with Gasteiger partial charge in [0.2, 0.25) is 0 Å². The van der Waals surface area contributed by atoms with Crippen molar-refractivity contribution >= 4 is 5.97 Å². The number of carbonyl (C=O) groups excluding carboxylic acids is 1. The van der Waals surface area contributed by atoms with E-state index in [1.165, 1.54) is 0 Å². The van der Waals surface area contributed by atoms with E-state index in [0.717, 1.165) is 0 Å². The first-order valence-electron chi connectivity index (χ1n) is 10.1. The number of hydrogen-bond acceptors (Lipinski definition) is 9. The third-order valence-corrected chi connectivity index (χ3v) is 6.99. The van der Waals surface area contributed by atoms with Crippen LogP contribution in [0.15, 0.2) is 36.5 Å². The maximum absolute atomic E-state index is 12.1. The average molecular weight is 424 g/mol. The Hall–Kier alpha value is -1.59. The summed E-state index contributed by atoms with van der Waals surface area (Å²) in [7, 11) is 0. The van der Waals surface area contributed by atoms with Gasteiger partial charge in [-0.3, -0.25) is 0 Å². The standard InChI is InChI=1S/C21H28O9/c1-7-10-5-13(28-19-14(6-22)29-21(27)17(25)16(19)24)9(3)15(10)18-11(4-12(7)23)8(2)20(26)30-18/h10-19,21-25,27H,1-6H2. The molecule has 9 heteroatoms. The summed E-state index contributed by atoms with van der Waals surface area (Å²) in [6.45, 7) is 11.5. The van der Waals surface area contributed by atoms with Gasteiger partial charge < -0.3 is 39.7 Å². The summed E-state index contributed by atoms with van der Waals surface area (Å²) >= 11 is 0. The quantitative estimate of drug-likeness (QED) is 0.214. The molecule has 2 saturated heterocycles. The third-order valence-electron chi connectivity index (χ3n) is 6.99. The van der Waals surface area contributed by atoms with E-state index in [4.69, 9.17) is 14.2 Å². The maximum Gasteiger partial charge on any atom is 0.334 e. The van der Waals surface area contributed by atoms with Crippen molar-refractivity contribution in [2.24, 2.45) is 17.8 Å². The van der Waals surface area contributed by atoms with Gasteiger partial charge >= 0.3 is 5.97 Å². The summed E-state index contributed by atoms with van der Waals surface area (Å²) in [6, 6.07) is 0. The Morgan fingerprint density at radius 1 is 1.00 bits per heavy atom. The number of ether oxygens (including phenoxy) is 3. The normalized spacial score (nSPS) is 48.9. The summed E-state index contributed by atoms with van der Waals surface area (Å²) in [4.78, 5) is 12.1. The molecule has 30 heavy (non-hydrogen) atoms. The lowest BCUT2D eigenvalue weighted by atomic mass is 9.82. The molecule has 5 N–H and O–H groups in total. The molecule has 0 aromatic carbocycles. The van der Waals surface area contributed by atoms with Crippen molar-refractivity contribution in [2.45, 2.75) is 61.9 Å². The van der Waals surface area contributed by atoms with Crippen LogP contribution < -0.4 is 0 Å². The van der Waals surface area contributed by atoms with E-state index in [1.807, 2.05) is 0 Å². The molecule has 4 fully saturated rings. The van der Waals surface area contributed by atoms with Crippen LogP contribution in [0.25, 0.3) is 0 Å². The van der Waals surface area contributed by atoms with Gasteiger partial charge in [-0.1, -0.05) is 19.7 Å². The van der Waals surface area contributed by atoms with Crippen molar-refractivity contribution in [3.63, 3.8) is 0 Å². The smallest absolute Gasteiger partial charge is 0.334 e. The van der Waals surface area contributed by atoms with Gasteiger partial charge in [0.25, 0.3) is 0 Å². The average Bonchev–Trinajstić information content (AvgIpc) is 3.14. The lowest BCUT2D eigenvalue weighted by Crippen LogP contribution is -2.60. The summed E-state index contributed by atoms with van der Waals surface area (Å²) in [5, 5.41) is 50.2. The van der Waals surface area contributed by atoms with Gasteiger partial charge in [0.15, 0.2) is 6.29 Å². The fourth-order valence-corrected chi connectivity index (χ4v) is 5.26. The summed E-state index contributed by atoms with van der Waals surface area (Å²) in [6.07, 6.45) is -8.25. The van der Waals surface area contributed by atoms with Crippen molar-refractivity contribution in [3.05, 3.63) is 36.5 Å². The number of aliphatic hydroxyl groups is 5. The van der Waals surface area contributed by atoms with E-state index >= 15 is 0 Å². The van der Waals surface area contributed by atoms with Crippen LogP contribution in [0.4, 0.5) is 0 Å². The molecule has 2 aliphatic carbocycles. The highest BCUT2D eigenvalue weighted by Gasteiger charge is 2.56. The Morgan fingerprint density at radius 3 is 2.37 bits per heavy atom. The molecule has 2 aliphatic heterocycles. The molecule has 0 bridgehead atoms. The zero-order valence-corrected chi connectivity index (χ0v) is 16.5. The third kappa shape index (κ3) is 3.25. The molecule has 0 amide bonds. The summed E-state index contributed by atoms with van der Waals surface area (Å²) in [5.41, 5.74) is 1.52. The highest BCUT2D eigenvalue weighted by Crippen LogP contribution is 2.53. The molecule has 166 valence electrons. The largest absolute Gasteiger partial charge is 0.458 e. The minimum Gasteiger partial charge on any atom is -0.458 e. The second kappa shape index (κ2) is 7.83. The second-order valence-corrected chi connectivity index (χ2v) is 8.59. The Kier molecular flexibility index (Phi) is 5.65. The van der Waals surface area contributed by atoms with Crippen molar-refractivity contribution < 1.29 is 44.5 Å². The fraction of sp³-hybridized carbons (Fsp3) is 0.667. The zero-order chi connectivity index (χ0) is 21.9. The van der Waals surface area contributed by atoms with Gasteiger partial charge in [0.05, 0.1) is 18.8 Å². The van der Waals surface area contributed by atoms with Crippen LogP contribution in [0.5, 0.6) is 0 Å². The minimum absolute atomic E-state index is 0.268. The van der Waals surface area contributed by atoms with Crippen molar-refractivity contribution in [2.75, 3.05) is 6.61 Å². The predicted octanol–water partition coefficient (Wildman–Crippen LogP) is -1.22. The first-order chi connectivity index (χ1) is 14.1. The molecular weight excluding hydrogens is 396 g/mol. The molecule has 2 saturated carbocycles. The van der Waals surface area contributed by atoms with E-state index in [1.54, 1.807) is 0 Å². The van der Waals surface area contributed by atoms with Crippen LogP contribution in [-0.2, 0) is 19.0 Å². The molecule has 11 atom stereocenters. The molecule has 4 rings (SSSR count). The predicted molar refractivity (Wildman–Crippen MR) is 102 cm³/mol. The Morgan fingerprint density at radius 2 is 1.70 bits per heavy atom. The monoisotopic (exact) mass is 424 g/mol. The molecule has 0 spiro atoms. The van der Waals surface area contributed by atoms with Gasteiger partial charge in [-0.2, -0.15) is 0 Å². The van der Waals surface area contributed by atoms with Crippen LogP contribution in [0, 0.1) is 17.8 Å². The molecule has 2 heterocycles. The van der Waals surface area contributed by atoms with Gasteiger partial charge in [0.1, 0.15) is 30.5 Å². The lowest BCUT2D eigenvalue weighted by Gasteiger charge is -2.41. The van der Waals surface area contributed by atoms with Crippen LogP contribution in [0.2, 0.25) is 0 Å².